The fourth-order valence-corrected chi connectivity index (χ4v) is 4.38. The summed E-state index contributed by atoms with van der Waals surface area (Å²) < 4.78 is 0. The first-order chi connectivity index (χ1) is 14.2. The average molecular weight is 422 g/mol. The third-order valence-electron chi connectivity index (χ3n) is 4.55. The fourth-order valence-electron chi connectivity index (χ4n) is 3.13. The maximum Gasteiger partial charge on any atom is 0.230 e. The van der Waals surface area contributed by atoms with Crippen LogP contribution in [0.15, 0.2) is 78.9 Å². The van der Waals surface area contributed by atoms with E-state index in [1.54, 1.807) is 11.8 Å². The minimum atomic E-state index is -0.0228. The van der Waals surface area contributed by atoms with Gasteiger partial charge in [0.05, 0.1) is 28.6 Å². The number of amides is 1. The summed E-state index contributed by atoms with van der Waals surface area (Å²) in [5, 5.41) is 3.72. The van der Waals surface area contributed by atoms with Crippen molar-refractivity contribution >= 4 is 40.3 Å². The van der Waals surface area contributed by atoms with E-state index in [-0.39, 0.29) is 11.2 Å². The average Bonchev–Trinajstić information content (AvgIpc) is 3.17. The SMILES string of the molecule is O=C(CSC(c1ccccc1)c1ccc(Cl)cc1)NCc1nc2ccccc2[nH]1. The van der Waals surface area contributed by atoms with E-state index in [9.17, 15) is 4.79 Å². The van der Waals surface area contributed by atoms with E-state index in [0.29, 0.717) is 17.3 Å². The first kappa shape index (κ1) is 19.6. The van der Waals surface area contributed by atoms with Crippen LogP contribution in [0, 0.1) is 0 Å². The third kappa shape index (κ3) is 5.00. The molecule has 0 saturated carbocycles. The number of aromatic amines is 1. The Balaban J connectivity index is 1.40. The minimum absolute atomic E-state index is 0.0228. The molecule has 1 aromatic heterocycles. The molecule has 0 aliphatic rings. The smallest absolute Gasteiger partial charge is 0.230 e. The molecule has 6 heteroatoms. The summed E-state index contributed by atoms with van der Waals surface area (Å²) in [6.45, 7) is 0.380. The maximum atomic E-state index is 12.5. The number of hydrogen-bond acceptors (Lipinski definition) is 3. The Morgan fingerprint density at radius 2 is 1.66 bits per heavy atom. The molecule has 0 bridgehead atoms. The Hall–Kier alpha value is -2.76. The van der Waals surface area contributed by atoms with Crippen LogP contribution in [0.1, 0.15) is 22.2 Å². The van der Waals surface area contributed by atoms with Crippen LogP contribution in [0.25, 0.3) is 11.0 Å². The van der Waals surface area contributed by atoms with Crippen LogP contribution in [0.4, 0.5) is 0 Å². The lowest BCUT2D eigenvalue weighted by molar-refractivity contribution is -0.118. The van der Waals surface area contributed by atoms with Crippen molar-refractivity contribution in [3.63, 3.8) is 0 Å². The number of nitrogens with zero attached hydrogens (tertiary/aromatic N) is 1. The molecule has 29 heavy (non-hydrogen) atoms. The van der Waals surface area contributed by atoms with Crippen LogP contribution < -0.4 is 5.32 Å². The molecule has 0 spiro atoms. The van der Waals surface area contributed by atoms with Gasteiger partial charge < -0.3 is 10.3 Å². The highest BCUT2D eigenvalue weighted by Gasteiger charge is 2.16. The molecular weight excluding hydrogens is 402 g/mol. The van der Waals surface area contributed by atoms with E-state index in [4.69, 9.17) is 11.6 Å². The first-order valence-electron chi connectivity index (χ1n) is 9.31. The standard InChI is InChI=1S/C23H20ClN3OS/c24-18-12-10-17(11-13-18)23(16-6-2-1-3-7-16)29-15-22(28)25-14-21-26-19-8-4-5-9-20(19)27-21/h1-13,23H,14-15H2,(H,25,28)(H,26,27). The zero-order chi connectivity index (χ0) is 20.1. The van der Waals surface area contributed by atoms with Crippen molar-refractivity contribution < 1.29 is 4.79 Å². The van der Waals surface area contributed by atoms with Gasteiger partial charge in [0, 0.05) is 5.02 Å². The van der Waals surface area contributed by atoms with Gasteiger partial charge in [0.1, 0.15) is 5.82 Å². The fraction of sp³-hybridized carbons (Fsp3) is 0.130. The lowest BCUT2D eigenvalue weighted by Gasteiger charge is -2.17. The van der Waals surface area contributed by atoms with E-state index in [0.717, 1.165) is 28.0 Å². The molecule has 146 valence electrons. The molecule has 4 nitrogen and oxygen atoms in total. The van der Waals surface area contributed by atoms with Crippen molar-refractivity contribution in [3.8, 4) is 0 Å². The van der Waals surface area contributed by atoms with E-state index in [2.05, 4.69) is 27.4 Å². The van der Waals surface area contributed by atoms with Crippen molar-refractivity contribution in [1.29, 1.82) is 0 Å². The Morgan fingerprint density at radius 1 is 0.966 bits per heavy atom. The van der Waals surface area contributed by atoms with E-state index in [1.165, 1.54) is 0 Å². The number of H-pyrrole nitrogens is 1. The van der Waals surface area contributed by atoms with Crippen LogP contribution in [0.3, 0.4) is 0 Å². The molecule has 0 saturated heterocycles. The predicted octanol–water partition coefficient (Wildman–Crippen LogP) is 5.36. The highest BCUT2D eigenvalue weighted by atomic mass is 35.5. The molecule has 0 radical (unpaired) electrons. The molecule has 1 heterocycles. The highest BCUT2D eigenvalue weighted by molar-refractivity contribution is 8.00. The van der Waals surface area contributed by atoms with E-state index >= 15 is 0 Å². The largest absolute Gasteiger partial charge is 0.348 e. The number of halogens is 1. The van der Waals surface area contributed by atoms with E-state index < -0.39 is 0 Å². The Bertz CT molecular complexity index is 1060. The number of benzene rings is 3. The quantitative estimate of drug-likeness (QED) is 0.422. The summed E-state index contributed by atoms with van der Waals surface area (Å²) in [6, 6.07) is 25.8. The molecular formula is C23H20ClN3OS. The van der Waals surface area contributed by atoms with Gasteiger partial charge >= 0.3 is 0 Å². The number of hydrogen-bond donors (Lipinski definition) is 2. The van der Waals surface area contributed by atoms with Gasteiger partial charge in [0.15, 0.2) is 0 Å². The molecule has 4 rings (SSSR count). The maximum absolute atomic E-state index is 12.5. The molecule has 0 aliphatic carbocycles. The second-order valence-electron chi connectivity index (χ2n) is 6.63. The van der Waals surface area contributed by atoms with Crippen LogP contribution in [0.5, 0.6) is 0 Å². The summed E-state index contributed by atoms with van der Waals surface area (Å²) in [5.41, 5.74) is 4.15. The number of para-hydroxylation sites is 2. The zero-order valence-electron chi connectivity index (χ0n) is 15.6. The van der Waals surface area contributed by atoms with Crippen LogP contribution in [-0.4, -0.2) is 21.6 Å². The second kappa shape index (κ2) is 9.16. The summed E-state index contributed by atoms with van der Waals surface area (Å²) in [4.78, 5) is 20.2. The lowest BCUT2D eigenvalue weighted by atomic mass is 10.0. The lowest BCUT2D eigenvalue weighted by Crippen LogP contribution is -2.25. The van der Waals surface area contributed by atoms with Gasteiger partial charge in [-0.15, -0.1) is 11.8 Å². The van der Waals surface area contributed by atoms with Gasteiger partial charge in [-0.05, 0) is 35.4 Å². The van der Waals surface area contributed by atoms with Crippen molar-refractivity contribution in [1.82, 2.24) is 15.3 Å². The summed E-state index contributed by atoms with van der Waals surface area (Å²) in [7, 11) is 0. The zero-order valence-corrected chi connectivity index (χ0v) is 17.2. The van der Waals surface area contributed by atoms with Gasteiger partial charge in [-0.3, -0.25) is 4.79 Å². The number of fused-ring (bicyclic) bond motifs is 1. The van der Waals surface area contributed by atoms with Gasteiger partial charge in [-0.2, -0.15) is 0 Å². The Morgan fingerprint density at radius 3 is 2.41 bits per heavy atom. The minimum Gasteiger partial charge on any atom is -0.348 e. The molecule has 0 aliphatic heterocycles. The molecule has 2 N–H and O–H groups in total. The number of rotatable bonds is 7. The van der Waals surface area contributed by atoms with E-state index in [1.807, 2.05) is 66.7 Å². The van der Waals surface area contributed by atoms with Crippen molar-refractivity contribution in [2.45, 2.75) is 11.8 Å². The third-order valence-corrected chi connectivity index (χ3v) is 6.11. The number of carbonyl (C=O) groups is 1. The van der Waals surface area contributed by atoms with Crippen molar-refractivity contribution in [2.24, 2.45) is 0 Å². The monoisotopic (exact) mass is 421 g/mol. The molecule has 3 aromatic carbocycles. The van der Waals surface area contributed by atoms with Gasteiger partial charge in [0.2, 0.25) is 5.91 Å². The van der Waals surface area contributed by atoms with Gasteiger partial charge in [-0.1, -0.05) is 66.2 Å². The molecule has 1 amide bonds. The summed E-state index contributed by atoms with van der Waals surface area (Å²) in [5.74, 6) is 1.08. The second-order valence-corrected chi connectivity index (χ2v) is 8.16. The van der Waals surface area contributed by atoms with Crippen LogP contribution in [-0.2, 0) is 11.3 Å². The molecule has 0 fully saturated rings. The van der Waals surface area contributed by atoms with Gasteiger partial charge in [-0.25, -0.2) is 4.98 Å². The van der Waals surface area contributed by atoms with Crippen molar-refractivity contribution in [3.05, 3.63) is 101 Å². The number of nitrogens with one attached hydrogen (secondary N) is 2. The Kier molecular flexibility index (Phi) is 6.17. The number of carbonyl (C=O) groups excluding carboxylic acids is 1. The van der Waals surface area contributed by atoms with Crippen LogP contribution >= 0.6 is 23.4 Å². The number of aromatic nitrogens is 2. The normalized spacial score (nSPS) is 12.0. The summed E-state index contributed by atoms with van der Waals surface area (Å²) >= 11 is 7.63. The first-order valence-corrected chi connectivity index (χ1v) is 10.7. The topological polar surface area (TPSA) is 57.8 Å². The summed E-state index contributed by atoms with van der Waals surface area (Å²) in [6.07, 6.45) is 0. The molecule has 1 atom stereocenters. The molecule has 1 unspecified atom stereocenters. The highest BCUT2D eigenvalue weighted by Crippen LogP contribution is 2.35. The molecule has 4 aromatic rings. The Labute approximate surface area is 178 Å². The number of imidazole rings is 1. The number of thioether (sulfide) groups is 1. The van der Waals surface area contributed by atoms with Crippen LogP contribution in [0.2, 0.25) is 5.02 Å². The van der Waals surface area contributed by atoms with Crippen molar-refractivity contribution in [2.75, 3.05) is 5.75 Å². The predicted molar refractivity (Wildman–Crippen MR) is 120 cm³/mol. The van der Waals surface area contributed by atoms with Gasteiger partial charge in [0.25, 0.3) is 0 Å².